The molecule has 20 heavy (non-hydrogen) atoms. The molecule has 0 unspecified atom stereocenters. The molecule has 0 amide bonds. The van der Waals surface area contributed by atoms with Gasteiger partial charge in [0.25, 0.3) is 0 Å². The molecule has 2 aromatic rings. The predicted molar refractivity (Wildman–Crippen MR) is 75.5 cm³/mol. The molecule has 0 atom stereocenters. The maximum Gasteiger partial charge on any atom is 0.387 e. The van der Waals surface area contributed by atoms with Gasteiger partial charge in [0.15, 0.2) is 11.5 Å². The van der Waals surface area contributed by atoms with Crippen LogP contribution in [0.15, 0.2) is 41.7 Å². The number of carbonyl (C=O) groups excluding carboxylic acids is 1. The molecule has 6 nitrogen and oxygen atoms in total. The SMILES string of the molecule is CCn1cc(Cl)c(C(=O)O/N=C(\N)c2ccccc2)n1. The van der Waals surface area contributed by atoms with Crippen molar-refractivity contribution in [1.82, 2.24) is 9.78 Å². The summed E-state index contributed by atoms with van der Waals surface area (Å²) in [6.07, 6.45) is 1.54. The molecular formula is C13H13ClN4O2. The molecule has 0 fully saturated rings. The number of benzene rings is 1. The van der Waals surface area contributed by atoms with Gasteiger partial charge in [-0.2, -0.15) is 5.10 Å². The Morgan fingerprint density at radius 2 is 2.15 bits per heavy atom. The van der Waals surface area contributed by atoms with Crippen LogP contribution in [0, 0.1) is 0 Å². The van der Waals surface area contributed by atoms with Crippen LogP contribution in [0.2, 0.25) is 5.02 Å². The smallest absolute Gasteiger partial charge is 0.380 e. The quantitative estimate of drug-likeness (QED) is 0.404. The molecule has 1 aromatic heterocycles. The van der Waals surface area contributed by atoms with Crippen LogP contribution in [0.3, 0.4) is 0 Å². The summed E-state index contributed by atoms with van der Waals surface area (Å²) in [4.78, 5) is 16.5. The van der Waals surface area contributed by atoms with E-state index in [0.717, 1.165) is 0 Å². The van der Waals surface area contributed by atoms with Crippen molar-refractivity contribution in [2.45, 2.75) is 13.5 Å². The first kappa shape index (κ1) is 14.1. The first-order valence-corrected chi connectivity index (χ1v) is 6.32. The molecule has 104 valence electrons. The van der Waals surface area contributed by atoms with E-state index in [2.05, 4.69) is 10.3 Å². The van der Waals surface area contributed by atoms with E-state index in [9.17, 15) is 4.79 Å². The molecule has 1 aromatic carbocycles. The molecule has 0 saturated heterocycles. The van der Waals surface area contributed by atoms with Crippen molar-refractivity contribution in [3.05, 3.63) is 52.8 Å². The molecule has 2 rings (SSSR count). The summed E-state index contributed by atoms with van der Waals surface area (Å²) < 4.78 is 1.53. The summed E-state index contributed by atoms with van der Waals surface area (Å²) >= 11 is 5.89. The van der Waals surface area contributed by atoms with Crippen LogP contribution in [0.1, 0.15) is 23.0 Å². The Morgan fingerprint density at radius 1 is 1.45 bits per heavy atom. The maximum absolute atomic E-state index is 11.8. The van der Waals surface area contributed by atoms with Gasteiger partial charge in [0.2, 0.25) is 0 Å². The number of oxime groups is 1. The molecule has 2 N–H and O–H groups in total. The minimum absolute atomic E-state index is 0.0122. The van der Waals surface area contributed by atoms with Gasteiger partial charge < -0.3 is 10.6 Å². The van der Waals surface area contributed by atoms with Crippen LogP contribution >= 0.6 is 11.6 Å². The lowest BCUT2D eigenvalue weighted by molar-refractivity contribution is 0.0508. The van der Waals surface area contributed by atoms with E-state index in [-0.39, 0.29) is 16.6 Å². The summed E-state index contributed by atoms with van der Waals surface area (Å²) in [5.74, 6) is -0.647. The monoisotopic (exact) mass is 292 g/mol. The van der Waals surface area contributed by atoms with Crippen molar-refractivity contribution in [3.8, 4) is 0 Å². The van der Waals surface area contributed by atoms with Crippen molar-refractivity contribution >= 4 is 23.4 Å². The number of nitrogens with two attached hydrogens (primary N) is 1. The van der Waals surface area contributed by atoms with Gasteiger partial charge in [-0.25, -0.2) is 4.79 Å². The van der Waals surface area contributed by atoms with Gasteiger partial charge in [0.05, 0.1) is 5.02 Å². The number of aryl methyl sites for hydroxylation is 1. The number of halogens is 1. The summed E-state index contributed by atoms with van der Waals surface area (Å²) in [6, 6.07) is 8.97. The van der Waals surface area contributed by atoms with Crippen molar-refractivity contribution < 1.29 is 9.63 Å². The lowest BCUT2D eigenvalue weighted by Gasteiger charge is -1.99. The lowest BCUT2D eigenvalue weighted by Crippen LogP contribution is -2.15. The number of amidine groups is 1. The van der Waals surface area contributed by atoms with E-state index in [4.69, 9.17) is 22.2 Å². The molecule has 0 bridgehead atoms. The van der Waals surface area contributed by atoms with Crippen molar-refractivity contribution in [1.29, 1.82) is 0 Å². The average molecular weight is 293 g/mol. The van der Waals surface area contributed by atoms with E-state index < -0.39 is 5.97 Å². The molecule has 0 spiro atoms. The standard InChI is InChI=1S/C13H13ClN4O2/c1-2-18-8-10(14)11(16-18)13(19)20-17-12(15)9-6-4-3-5-7-9/h3-8H,2H2,1H3,(H2,15,17). The zero-order chi connectivity index (χ0) is 14.5. The van der Waals surface area contributed by atoms with Gasteiger partial charge in [-0.1, -0.05) is 47.1 Å². The predicted octanol–water partition coefficient (Wildman–Crippen LogP) is 2.03. The highest BCUT2D eigenvalue weighted by atomic mass is 35.5. The minimum atomic E-state index is -0.749. The van der Waals surface area contributed by atoms with Gasteiger partial charge in [0, 0.05) is 18.3 Å². The van der Waals surface area contributed by atoms with E-state index in [1.165, 1.54) is 4.68 Å². The van der Waals surface area contributed by atoms with Gasteiger partial charge in [-0.3, -0.25) is 4.68 Å². The van der Waals surface area contributed by atoms with Gasteiger partial charge >= 0.3 is 5.97 Å². The second-order valence-corrected chi connectivity index (χ2v) is 4.31. The van der Waals surface area contributed by atoms with E-state index in [0.29, 0.717) is 12.1 Å². The highest BCUT2D eigenvalue weighted by molar-refractivity contribution is 6.33. The lowest BCUT2D eigenvalue weighted by atomic mass is 10.2. The van der Waals surface area contributed by atoms with Crippen LogP contribution in [-0.4, -0.2) is 21.6 Å². The molecular weight excluding hydrogens is 280 g/mol. The van der Waals surface area contributed by atoms with Crippen LogP contribution in [0.25, 0.3) is 0 Å². The Morgan fingerprint density at radius 3 is 2.75 bits per heavy atom. The van der Waals surface area contributed by atoms with Gasteiger partial charge in [-0.15, -0.1) is 0 Å². The Balaban J connectivity index is 2.10. The average Bonchev–Trinajstić information content (AvgIpc) is 2.86. The summed E-state index contributed by atoms with van der Waals surface area (Å²) in [6.45, 7) is 2.48. The third-order valence-electron chi connectivity index (χ3n) is 2.53. The van der Waals surface area contributed by atoms with Crippen molar-refractivity contribution in [2.24, 2.45) is 10.9 Å². The molecule has 0 radical (unpaired) electrons. The molecule has 0 aliphatic heterocycles. The summed E-state index contributed by atoms with van der Waals surface area (Å²) in [7, 11) is 0. The van der Waals surface area contributed by atoms with E-state index in [1.54, 1.807) is 30.5 Å². The largest absolute Gasteiger partial charge is 0.387 e. The zero-order valence-corrected chi connectivity index (χ0v) is 11.5. The number of aromatic nitrogens is 2. The van der Waals surface area contributed by atoms with Crippen LogP contribution in [0.4, 0.5) is 0 Å². The van der Waals surface area contributed by atoms with E-state index in [1.807, 2.05) is 13.0 Å². The fourth-order valence-corrected chi connectivity index (χ4v) is 1.72. The zero-order valence-electron chi connectivity index (χ0n) is 10.8. The Labute approximate surface area is 120 Å². The number of hydrogen-bond acceptors (Lipinski definition) is 4. The van der Waals surface area contributed by atoms with Gasteiger partial charge in [0.1, 0.15) is 0 Å². The Hall–Kier alpha value is -2.34. The molecule has 1 heterocycles. The number of nitrogens with zero attached hydrogens (tertiary/aromatic N) is 3. The summed E-state index contributed by atoms with van der Waals surface area (Å²) in [5, 5.41) is 7.78. The highest BCUT2D eigenvalue weighted by Gasteiger charge is 2.17. The second-order valence-electron chi connectivity index (χ2n) is 3.90. The summed E-state index contributed by atoms with van der Waals surface area (Å²) in [5.41, 5.74) is 6.37. The van der Waals surface area contributed by atoms with Crippen LogP contribution in [0.5, 0.6) is 0 Å². The maximum atomic E-state index is 11.8. The second kappa shape index (κ2) is 6.21. The van der Waals surface area contributed by atoms with Crippen LogP contribution in [-0.2, 0) is 11.4 Å². The van der Waals surface area contributed by atoms with Gasteiger partial charge in [-0.05, 0) is 6.92 Å². The van der Waals surface area contributed by atoms with Crippen LogP contribution < -0.4 is 5.73 Å². The fraction of sp³-hybridized carbons (Fsp3) is 0.154. The normalized spacial score (nSPS) is 11.4. The molecule has 0 aliphatic carbocycles. The van der Waals surface area contributed by atoms with Crippen molar-refractivity contribution in [2.75, 3.05) is 0 Å². The number of hydrogen-bond donors (Lipinski definition) is 1. The number of carbonyl (C=O) groups is 1. The fourth-order valence-electron chi connectivity index (χ4n) is 1.49. The topological polar surface area (TPSA) is 82.5 Å². The third kappa shape index (κ3) is 3.16. The number of rotatable bonds is 4. The Bertz CT molecular complexity index is 637. The first-order valence-electron chi connectivity index (χ1n) is 5.95. The third-order valence-corrected chi connectivity index (χ3v) is 2.81. The molecule has 0 aliphatic rings. The first-order chi connectivity index (χ1) is 9.61. The molecule has 7 heteroatoms. The van der Waals surface area contributed by atoms with Crippen molar-refractivity contribution in [3.63, 3.8) is 0 Å². The minimum Gasteiger partial charge on any atom is -0.380 e. The van der Waals surface area contributed by atoms with E-state index >= 15 is 0 Å². The Kier molecular flexibility index (Phi) is 4.37. The highest BCUT2D eigenvalue weighted by Crippen LogP contribution is 2.15. The molecule has 0 saturated carbocycles.